The van der Waals surface area contributed by atoms with Crippen LogP contribution in [0.15, 0.2) is 75.1 Å². The monoisotopic (exact) mass is 423 g/mol. The lowest BCUT2D eigenvalue weighted by atomic mass is 10.1. The summed E-state index contributed by atoms with van der Waals surface area (Å²) >= 11 is 0. The molecule has 0 fully saturated rings. The molecule has 0 saturated carbocycles. The van der Waals surface area contributed by atoms with Crippen LogP contribution in [-0.2, 0) is 6.54 Å². The molecule has 0 bridgehead atoms. The van der Waals surface area contributed by atoms with E-state index in [1.54, 1.807) is 24.3 Å². The van der Waals surface area contributed by atoms with Crippen molar-refractivity contribution in [2.45, 2.75) is 11.6 Å². The first-order valence-electron chi connectivity index (χ1n) is 9.03. The van der Waals surface area contributed by atoms with Gasteiger partial charge in [0.05, 0.1) is 18.4 Å². The number of hydrogen-bond donors (Lipinski definition) is 5. The number of para-hydroxylation sites is 1. The Morgan fingerprint density at radius 1 is 1.03 bits per heavy atom. The largest absolute Gasteiger partial charge is 0.506 e. The average Bonchev–Trinajstić information content (AvgIpc) is 3.22. The highest BCUT2D eigenvalue weighted by atomic mass is 32.3. The van der Waals surface area contributed by atoms with Crippen molar-refractivity contribution in [3.05, 3.63) is 82.4 Å². The number of aromatic hydroxyl groups is 1. The highest BCUT2D eigenvalue weighted by Crippen LogP contribution is 2.54. The SMILES string of the molecule is O=c1c(C2=NS(O)(O)c3[nH]cnc3N2)c(O)c2ccccc2n1Cc1ccccc1. The van der Waals surface area contributed by atoms with E-state index in [2.05, 4.69) is 19.7 Å². The van der Waals surface area contributed by atoms with Gasteiger partial charge in [0, 0.05) is 5.39 Å². The fourth-order valence-electron chi connectivity index (χ4n) is 3.52. The smallest absolute Gasteiger partial charge is 0.266 e. The standard InChI is InChI=1S/C20H17N5O4S/c26-16-13-8-4-5-9-14(13)25(10-12-6-2-1-3-7-12)20(27)15(16)17-23-18-19(22-11-21-18)30(28,29)24-17/h1-9,11,26,28-29H,10H2,(H,21,22)(H,23,24). The number of imidazole rings is 1. The number of hydrogen-bond acceptors (Lipinski definition) is 7. The molecular weight excluding hydrogens is 406 g/mol. The van der Waals surface area contributed by atoms with E-state index in [0.29, 0.717) is 10.9 Å². The summed E-state index contributed by atoms with van der Waals surface area (Å²) in [5.41, 5.74) is 0.781. The van der Waals surface area contributed by atoms with Gasteiger partial charge in [0.2, 0.25) is 0 Å². The van der Waals surface area contributed by atoms with Gasteiger partial charge in [-0.15, -0.1) is 4.40 Å². The quantitative estimate of drug-likeness (QED) is 0.343. The van der Waals surface area contributed by atoms with E-state index < -0.39 is 16.3 Å². The van der Waals surface area contributed by atoms with Crippen molar-refractivity contribution in [3.63, 3.8) is 0 Å². The molecule has 30 heavy (non-hydrogen) atoms. The lowest BCUT2D eigenvalue weighted by Crippen LogP contribution is -2.32. The van der Waals surface area contributed by atoms with Crippen LogP contribution in [0.1, 0.15) is 11.1 Å². The zero-order valence-corrected chi connectivity index (χ0v) is 16.3. The van der Waals surface area contributed by atoms with Gasteiger partial charge in [-0.2, -0.15) is 0 Å². The minimum atomic E-state index is -3.61. The van der Waals surface area contributed by atoms with Crippen molar-refractivity contribution < 1.29 is 14.2 Å². The van der Waals surface area contributed by atoms with Crippen molar-refractivity contribution >= 4 is 33.3 Å². The van der Waals surface area contributed by atoms with Crippen LogP contribution >= 0.6 is 10.8 Å². The molecule has 0 aliphatic carbocycles. The van der Waals surface area contributed by atoms with Crippen molar-refractivity contribution in [1.82, 2.24) is 14.5 Å². The van der Waals surface area contributed by atoms with Gasteiger partial charge in [0.25, 0.3) is 5.56 Å². The molecule has 3 heterocycles. The van der Waals surface area contributed by atoms with E-state index in [1.807, 2.05) is 30.3 Å². The first kappa shape index (κ1) is 18.4. The van der Waals surface area contributed by atoms with Crippen LogP contribution in [0.4, 0.5) is 5.82 Å². The Hall–Kier alpha value is -3.60. The van der Waals surface area contributed by atoms with E-state index in [4.69, 9.17) is 0 Å². The second-order valence-corrected chi connectivity index (χ2v) is 8.41. The molecule has 4 aromatic rings. The Bertz CT molecular complexity index is 1360. The summed E-state index contributed by atoms with van der Waals surface area (Å²) < 4.78 is 26.2. The van der Waals surface area contributed by atoms with Crippen LogP contribution in [0.25, 0.3) is 10.9 Å². The molecule has 152 valence electrons. The Labute approximate surface area is 171 Å². The third-order valence-electron chi connectivity index (χ3n) is 4.90. The van der Waals surface area contributed by atoms with Crippen LogP contribution in [0.3, 0.4) is 0 Å². The Morgan fingerprint density at radius 3 is 2.57 bits per heavy atom. The number of nitrogens with zero attached hydrogens (tertiary/aromatic N) is 3. The molecule has 0 atom stereocenters. The Balaban J connectivity index is 1.76. The maximum absolute atomic E-state index is 13.5. The summed E-state index contributed by atoms with van der Waals surface area (Å²) in [6.45, 7) is 0.269. The highest BCUT2D eigenvalue weighted by Gasteiger charge is 2.32. The summed E-state index contributed by atoms with van der Waals surface area (Å²) in [6.07, 6.45) is 1.29. The maximum atomic E-state index is 13.5. The summed E-state index contributed by atoms with van der Waals surface area (Å²) in [5.74, 6) is -0.299. The van der Waals surface area contributed by atoms with Crippen molar-refractivity contribution in [1.29, 1.82) is 0 Å². The first-order chi connectivity index (χ1) is 14.5. The van der Waals surface area contributed by atoms with Crippen LogP contribution in [0, 0.1) is 0 Å². The van der Waals surface area contributed by atoms with Gasteiger partial charge < -0.3 is 20.0 Å². The van der Waals surface area contributed by atoms with Gasteiger partial charge in [-0.05, 0) is 28.5 Å². The number of fused-ring (bicyclic) bond motifs is 2. The molecule has 9 nitrogen and oxygen atoms in total. The molecule has 1 aliphatic rings. The summed E-state index contributed by atoms with van der Waals surface area (Å²) in [6, 6.07) is 16.4. The molecule has 0 amide bonds. The molecular formula is C20H17N5O4S. The molecule has 0 spiro atoms. The van der Waals surface area contributed by atoms with Crippen molar-refractivity contribution in [3.8, 4) is 5.75 Å². The summed E-state index contributed by atoms with van der Waals surface area (Å²) in [5, 5.41) is 14.2. The number of amidine groups is 1. The van der Waals surface area contributed by atoms with E-state index in [0.717, 1.165) is 5.56 Å². The summed E-state index contributed by atoms with van der Waals surface area (Å²) in [7, 11) is -3.61. The molecule has 0 radical (unpaired) electrons. The molecule has 2 aromatic carbocycles. The highest BCUT2D eigenvalue weighted by molar-refractivity contribution is 8.23. The zero-order valence-electron chi connectivity index (χ0n) is 15.5. The summed E-state index contributed by atoms with van der Waals surface area (Å²) in [4.78, 5) is 20.1. The normalized spacial score (nSPS) is 15.9. The number of rotatable bonds is 3. The van der Waals surface area contributed by atoms with Crippen LogP contribution < -0.4 is 10.9 Å². The van der Waals surface area contributed by atoms with E-state index in [-0.39, 0.29) is 34.5 Å². The van der Waals surface area contributed by atoms with E-state index >= 15 is 0 Å². The van der Waals surface area contributed by atoms with Gasteiger partial charge in [-0.25, -0.2) is 4.98 Å². The van der Waals surface area contributed by atoms with Crippen molar-refractivity contribution in [2.24, 2.45) is 4.40 Å². The van der Waals surface area contributed by atoms with Crippen molar-refractivity contribution in [2.75, 3.05) is 5.32 Å². The topological polar surface area (TPSA) is 136 Å². The maximum Gasteiger partial charge on any atom is 0.266 e. The van der Waals surface area contributed by atoms with Gasteiger partial charge >= 0.3 is 0 Å². The lowest BCUT2D eigenvalue weighted by molar-refractivity contribution is 0.477. The molecule has 0 unspecified atom stereocenters. The molecule has 1 aliphatic heterocycles. The second kappa shape index (κ2) is 6.73. The number of nitrogens with one attached hydrogen (secondary N) is 2. The van der Waals surface area contributed by atoms with Crippen LogP contribution in [-0.4, -0.2) is 34.6 Å². The van der Waals surface area contributed by atoms with Crippen LogP contribution in [0.2, 0.25) is 0 Å². The number of aromatic amines is 1. The Morgan fingerprint density at radius 2 is 1.77 bits per heavy atom. The lowest BCUT2D eigenvalue weighted by Gasteiger charge is -2.31. The van der Waals surface area contributed by atoms with E-state index in [9.17, 15) is 19.0 Å². The van der Waals surface area contributed by atoms with E-state index in [1.165, 1.54) is 10.9 Å². The average molecular weight is 423 g/mol. The van der Waals surface area contributed by atoms with Crippen LogP contribution in [0.5, 0.6) is 5.75 Å². The zero-order chi connectivity index (χ0) is 20.9. The van der Waals surface area contributed by atoms with Gasteiger partial charge in [-0.3, -0.25) is 13.9 Å². The molecule has 5 rings (SSSR count). The molecule has 2 aromatic heterocycles. The minimum Gasteiger partial charge on any atom is -0.506 e. The Kier molecular flexibility index (Phi) is 4.13. The van der Waals surface area contributed by atoms with Gasteiger partial charge in [0.1, 0.15) is 11.3 Å². The number of benzene rings is 2. The van der Waals surface area contributed by atoms with Gasteiger partial charge in [0.15, 0.2) is 16.7 Å². The fourth-order valence-corrected chi connectivity index (χ4v) is 4.58. The second-order valence-electron chi connectivity index (χ2n) is 6.78. The minimum absolute atomic E-state index is 0.0242. The number of H-pyrrole nitrogens is 1. The number of pyridine rings is 1. The fraction of sp³-hybridized carbons (Fsp3) is 0.0500. The first-order valence-corrected chi connectivity index (χ1v) is 10.5. The third-order valence-corrected chi connectivity index (χ3v) is 6.20. The predicted molar refractivity (Wildman–Crippen MR) is 115 cm³/mol. The van der Waals surface area contributed by atoms with Gasteiger partial charge in [-0.1, -0.05) is 42.5 Å². The predicted octanol–water partition coefficient (Wildman–Crippen LogP) is 3.38. The third kappa shape index (κ3) is 2.86. The molecule has 10 heteroatoms. The molecule has 5 N–H and O–H groups in total. The number of anilines is 1. The number of aromatic nitrogens is 3. The molecule has 0 saturated heterocycles.